The first kappa shape index (κ1) is 14.5. The van der Waals surface area contributed by atoms with Crippen LogP contribution in [-0.2, 0) is 10.1 Å². The van der Waals surface area contributed by atoms with Crippen LogP contribution < -0.4 is 5.73 Å². The number of carbonyl (C=O) groups is 2. The van der Waals surface area contributed by atoms with E-state index in [-0.39, 0.29) is 11.1 Å². The Bertz CT molecular complexity index is 880. The molecule has 0 aliphatic heterocycles. The molecule has 0 heterocycles. The topological polar surface area (TPSA) is 135 Å². The average molecular weight is 321 g/mol. The van der Waals surface area contributed by atoms with Crippen LogP contribution in [0.4, 0.5) is 0 Å². The summed E-state index contributed by atoms with van der Waals surface area (Å²) in [6.45, 7) is 0. The van der Waals surface area contributed by atoms with Gasteiger partial charge in [-0.25, -0.2) is 0 Å². The molecule has 4 N–H and O–H groups in total. The van der Waals surface area contributed by atoms with Crippen LogP contribution in [0.25, 0.3) is 0 Å². The molecule has 2 atom stereocenters. The van der Waals surface area contributed by atoms with Gasteiger partial charge in [-0.1, -0.05) is 24.3 Å². The highest BCUT2D eigenvalue weighted by Crippen LogP contribution is 2.41. The van der Waals surface area contributed by atoms with Gasteiger partial charge in [-0.3, -0.25) is 14.1 Å². The fraction of sp³-hybridized carbons (Fsp3) is 0.143. The lowest BCUT2D eigenvalue weighted by molar-refractivity contribution is 0.0747. The van der Waals surface area contributed by atoms with Crippen LogP contribution in [0, 0.1) is 11.8 Å². The van der Waals surface area contributed by atoms with Crippen molar-refractivity contribution in [2.45, 2.75) is 0 Å². The van der Waals surface area contributed by atoms with Gasteiger partial charge in [0.2, 0.25) is 0 Å². The number of Topliss-reactive ketones (excluding diaryl/α,β-unsaturated/α-hetero) is 2. The van der Waals surface area contributed by atoms with Gasteiger partial charge >= 0.3 is 0 Å². The summed E-state index contributed by atoms with van der Waals surface area (Å²) in [7, 11) is -4.72. The molecule has 22 heavy (non-hydrogen) atoms. The first-order valence-corrected chi connectivity index (χ1v) is 7.72. The van der Waals surface area contributed by atoms with Gasteiger partial charge in [0, 0.05) is 16.8 Å². The van der Waals surface area contributed by atoms with E-state index in [2.05, 4.69) is 0 Å². The molecule has 0 saturated heterocycles. The van der Waals surface area contributed by atoms with Crippen LogP contribution in [0.3, 0.4) is 0 Å². The number of allylic oxidation sites excluding steroid dienone is 3. The predicted molar refractivity (Wildman–Crippen MR) is 75.6 cm³/mol. The van der Waals surface area contributed by atoms with E-state index in [4.69, 9.17) is 10.3 Å². The minimum absolute atomic E-state index is 0.112. The number of fused-ring (bicyclic) bond motifs is 2. The van der Waals surface area contributed by atoms with Crippen LogP contribution in [0.1, 0.15) is 20.7 Å². The molecule has 0 spiro atoms. The van der Waals surface area contributed by atoms with Crippen LogP contribution in [0.5, 0.6) is 0 Å². The minimum atomic E-state index is -4.72. The van der Waals surface area contributed by atoms with E-state index >= 15 is 0 Å². The Kier molecular flexibility index (Phi) is 2.98. The molecule has 0 fully saturated rings. The molecule has 1 aromatic rings. The molecular formula is C14H11NO6S. The van der Waals surface area contributed by atoms with Crippen molar-refractivity contribution >= 4 is 21.7 Å². The van der Waals surface area contributed by atoms with Crippen molar-refractivity contribution in [1.82, 2.24) is 0 Å². The second-order valence-corrected chi connectivity index (χ2v) is 6.48. The van der Waals surface area contributed by atoms with Crippen molar-refractivity contribution in [2.24, 2.45) is 17.6 Å². The molecular weight excluding hydrogens is 310 g/mol. The van der Waals surface area contributed by atoms with E-state index in [0.717, 1.165) is 0 Å². The first-order chi connectivity index (χ1) is 10.2. The number of ketones is 2. The molecule has 0 saturated carbocycles. The minimum Gasteiger partial charge on any atom is -0.511 e. The third-order valence-electron chi connectivity index (χ3n) is 3.85. The maximum atomic E-state index is 12.5. The first-order valence-electron chi connectivity index (χ1n) is 6.28. The highest BCUT2D eigenvalue weighted by atomic mass is 32.2. The third kappa shape index (κ3) is 1.88. The molecule has 0 radical (unpaired) electrons. The van der Waals surface area contributed by atoms with Gasteiger partial charge in [0.1, 0.15) is 10.7 Å². The largest absolute Gasteiger partial charge is 0.511 e. The molecule has 2 aliphatic rings. The Morgan fingerprint density at radius 3 is 2.00 bits per heavy atom. The highest BCUT2D eigenvalue weighted by molar-refractivity contribution is 7.90. The van der Waals surface area contributed by atoms with E-state index in [0.29, 0.717) is 6.08 Å². The SMILES string of the molecule is NC1=C(S(=O)(=O)O)C=C(O)[C@@H]2C(=O)c3ccccc3C(=O)[C@@H]12. The number of aliphatic hydroxyl groups excluding tert-OH is 1. The molecule has 1 aromatic carbocycles. The zero-order valence-corrected chi connectivity index (χ0v) is 11.9. The number of hydrogen-bond donors (Lipinski definition) is 3. The number of nitrogens with two attached hydrogens (primary N) is 1. The normalized spacial score (nSPS) is 24.7. The van der Waals surface area contributed by atoms with Crippen LogP contribution in [-0.4, -0.2) is 29.6 Å². The van der Waals surface area contributed by atoms with Crippen molar-refractivity contribution in [1.29, 1.82) is 0 Å². The second kappa shape index (κ2) is 4.52. The fourth-order valence-electron chi connectivity index (χ4n) is 2.86. The maximum Gasteiger partial charge on any atom is 0.296 e. The van der Waals surface area contributed by atoms with E-state index in [1.54, 1.807) is 12.1 Å². The lowest BCUT2D eigenvalue weighted by Gasteiger charge is -2.33. The molecule has 0 unspecified atom stereocenters. The van der Waals surface area contributed by atoms with Gasteiger partial charge in [0.25, 0.3) is 10.1 Å². The highest BCUT2D eigenvalue weighted by Gasteiger charge is 2.48. The van der Waals surface area contributed by atoms with Crippen molar-refractivity contribution in [2.75, 3.05) is 0 Å². The Morgan fingerprint density at radius 2 is 1.50 bits per heavy atom. The molecule has 0 amide bonds. The quantitative estimate of drug-likeness (QED) is 0.651. The average Bonchev–Trinajstić information content (AvgIpc) is 2.45. The van der Waals surface area contributed by atoms with Crippen molar-refractivity contribution in [3.63, 3.8) is 0 Å². The Morgan fingerprint density at radius 1 is 1.00 bits per heavy atom. The summed E-state index contributed by atoms with van der Waals surface area (Å²) >= 11 is 0. The summed E-state index contributed by atoms with van der Waals surface area (Å²) in [6, 6.07) is 6.03. The molecule has 0 bridgehead atoms. The van der Waals surface area contributed by atoms with E-state index in [1.807, 2.05) is 0 Å². The number of carbonyl (C=O) groups excluding carboxylic acids is 2. The Labute approximate surface area is 125 Å². The lowest BCUT2D eigenvalue weighted by Crippen LogP contribution is -2.43. The number of aliphatic hydroxyl groups is 1. The van der Waals surface area contributed by atoms with Crippen LogP contribution in [0.2, 0.25) is 0 Å². The maximum absolute atomic E-state index is 12.5. The number of benzene rings is 1. The van der Waals surface area contributed by atoms with E-state index < -0.39 is 49.9 Å². The smallest absolute Gasteiger partial charge is 0.296 e. The van der Waals surface area contributed by atoms with Gasteiger partial charge < -0.3 is 10.8 Å². The Hall–Kier alpha value is -2.45. The number of hydrogen-bond acceptors (Lipinski definition) is 6. The van der Waals surface area contributed by atoms with Gasteiger partial charge in [-0.15, -0.1) is 0 Å². The summed E-state index contributed by atoms with van der Waals surface area (Å²) < 4.78 is 31.8. The van der Waals surface area contributed by atoms with Crippen molar-refractivity contribution in [3.05, 3.63) is 57.8 Å². The summed E-state index contributed by atoms with van der Waals surface area (Å²) in [5.74, 6) is -4.32. The monoisotopic (exact) mass is 321 g/mol. The van der Waals surface area contributed by atoms with Gasteiger partial charge in [-0.2, -0.15) is 8.42 Å². The summed E-state index contributed by atoms with van der Waals surface area (Å²) in [5, 5.41) is 9.99. The molecule has 2 aliphatic carbocycles. The third-order valence-corrected chi connectivity index (χ3v) is 4.76. The van der Waals surface area contributed by atoms with E-state index in [1.165, 1.54) is 12.1 Å². The van der Waals surface area contributed by atoms with Gasteiger partial charge in [0.15, 0.2) is 11.6 Å². The number of rotatable bonds is 1. The van der Waals surface area contributed by atoms with Gasteiger partial charge in [-0.05, 0) is 6.08 Å². The standard InChI is InChI=1S/C14H11NO6S/c15-12-9(22(19,20)21)5-8(16)10-11(12)14(18)7-4-2-1-3-6(7)13(10)17/h1-5,10-11,16H,15H2,(H,19,20,21)/t10-,11+/m0/s1. The van der Waals surface area contributed by atoms with E-state index in [9.17, 15) is 23.1 Å². The molecule has 114 valence electrons. The molecule has 3 rings (SSSR count). The predicted octanol–water partition coefficient (Wildman–Crippen LogP) is 0.812. The lowest BCUT2D eigenvalue weighted by atomic mass is 9.70. The molecule has 0 aromatic heterocycles. The molecule has 7 nitrogen and oxygen atoms in total. The summed E-state index contributed by atoms with van der Waals surface area (Å²) in [6.07, 6.45) is 0.713. The van der Waals surface area contributed by atoms with Gasteiger partial charge in [0.05, 0.1) is 11.8 Å². The molecule has 8 heteroatoms. The zero-order valence-electron chi connectivity index (χ0n) is 11.1. The van der Waals surface area contributed by atoms with Crippen molar-refractivity contribution in [3.8, 4) is 0 Å². The fourth-order valence-corrected chi connectivity index (χ4v) is 3.56. The van der Waals surface area contributed by atoms with Crippen molar-refractivity contribution < 1.29 is 27.7 Å². The van der Waals surface area contributed by atoms with Crippen LogP contribution >= 0.6 is 0 Å². The summed E-state index contributed by atoms with van der Waals surface area (Å²) in [5.41, 5.74) is 5.52. The zero-order chi connectivity index (χ0) is 16.2. The van der Waals surface area contributed by atoms with Crippen LogP contribution in [0.15, 0.2) is 46.7 Å². The second-order valence-electron chi connectivity index (χ2n) is 5.09. The Balaban J connectivity index is 2.28. The summed E-state index contributed by atoms with van der Waals surface area (Å²) in [4.78, 5) is 24.3.